The van der Waals surface area contributed by atoms with Crippen LogP contribution in [0.5, 0.6) is 0 Å². The molecule has 194 valence electrons. The Morgan fingerprint density at radius 2 is 1.76 bits per heavy atom. The van der Waals surface area contributed by atoms with Crippen LogP contribution in [0, 0.1) is 0 Å². The lowest BCUT2D eigenvalue weighted by atomic mass is 10.2. The van der Waals surface area contributed by atoms with Gasteiger partial charge in [0, 0.05) is 27.8 Å². The third-order valence-electron chi connectivity index (χ3n) is 5.32. The summed E-state index contributed by atoms with van der Waals surface area (Å²) in [7, 11) is -4.25. The first-order valence-electron chi connectivity index (χ1n) is 11.3. The number of halogens is 2. The predicted octanol–water partition coefficient (Wildman–Crippen LogP) is 5.36. The van der Waals surface area contributed by atoms with E-state index in [0.717, 1.165) is 15.2 Å². The monoisotopic (exact) mass is 561 g/mol. The van der Waals surface area contributed by atoms with Crippen LogP contribution in [-0.2, 0) is 26.2 Å². The fourth-order valence-corrected chi connectivity index (χ4v) is 5.88. The zero-order valence-corrected chi connectivity index (χ0v) is 22.7. The Morgan fingerprint density at radius 3 is 2.35 bits per heavy atom. The zero-order valence-electron chi connectivity index (χ0n) is 20.4. The second kappa shape index (κ2) is 10.3. The lowest BCUT2D eigenvalue weighted by Gasteiger charge is -2.26. The van der Waals surface area contributed by atoms with E-state index in [2.05, 4.69) is 4.98 Å². The number of benzene rings is 2. The zero-order chi connectivity index (χ0) is 27.0. The van der Waals surface area contributed by atoms with Crippen LogP contribution >= 0.6 is 23.2 Å². The molecule has 0 bridgehead atoms. The smallest absolute Gasteiger partial charge is 0.327 e. The van der Waals surface area contributed by atoms with Crippen molar-refractivity contribution in [2.75, 3.05) is 10.8 Å². The molecule has 0 aliphatic heterocycles. The average molecular weight is 562 g/mol. The average Bonchev–Trinajstić information content (AvgIpc) is 3.24. The number of hydrogen-bond donors (Lipinski definition) is 1. The lowest BCUT2D eigenvalue weighted by Crippen LogP contribution is -2.39. The number of esters is 1. The van der Waals surface area contributed by atoms with E-state index in [-0.39, 0.29) is 27.2 Å². The van der Waals surface area contributed by atoms with Gasteiger partial charge in [-0.05, 0) is 74.9 Å². The highest BCUT2D eigenvalue weighted by atomic mass is 35.5. The number of rotatable bonds is 7. The van der Waals surface area contributed by atoms with E-state index in [9.17, 15) is 18.3 Å². The van der Waals surface area contributed by atoms with Gasteiger partial charge in [-0.3, -0.25) is 9.10 Å². The van der Waals surface area contributed by atoms with Crippen LogP contribution in [0.15, 0.2) is 71.9 Å². The van der Waals surface area contributed by atoms with Gasteiger partial charge in [0.25, 0.3) is 10.0 Å². The Hall–Kier alpha value is -3.11. The number of nitrogens with zero attached hydrogens (tertiary/aromatic N) is 3. The van der Waals surface area contributed by atoms with E-state index in [0.29, 0.717) is 11.4 Å². The van der Waals surface area contributed by atoms with Crippen LogP contribution < -0.4 is 4.31 Å². The van der Waals surface area contributed by atoms with Gasteiger partial charge in [0.15, 0.2) is 0 Å². The van der Waals surface area contributed by atoms with Gasteiger partial charge in [-0.15, -0.1) is 0 Å². The van der Waals surface area contributed by atoms with E-state index in [1.165, 1.54) is 18.2 Å². The topological polar surface area (TPSA) is 102 Å². The highest BCUT2D eigenvalue weighted by molar-refractivity contribution is 7.92. The summed E-state index contributed by atoms with van der Waals surface area (Å²) in [5, 5.41) is 10.3. The van der Waals surface area contributed by atoms with E-state index in [1.54, 1.807) is 63.5 Å². The number of carbonyl (C=O) groups is 1. The largest absolute Gasteiger partial charge is 0.459 e. The number of anilines is 1. The highest BCUT2D eigenvalue weighted by Crippen LogP contribution is 2.31. The molecule has 0 saturated carbocycles. The minimum Gasteiger partial charge on any atom is -0.459 e. The second-order valence-electron chi connectivity index (χ2n) is 9.31. The predicted molar refractivity (Wildman–Crippen MR) is 144 cm³/mol. The molecule has 0 amide bonds. The normalized spacial score (nSPS) is 12.1. The number of carbonyl (C=O) groups excluding carboxylic acids is 1. The number of aliphatic hydroxyl groups is 1. The van der Waals surface area contributed by atoms with E-state index in [1.807, 2.05) is 10.6 Å². The molecule has 0 saturated heterocycles. The van der Waals surface area contributed by atoms with Crippen molar-refractivity contribution in [2.45, 2.75) is 37.9 Å². The van der Waals surface area contributed by atoms with E-state index in [4.69, 9.17) is 27.9 Å². The number of sulfonamides is 1. The molecule has 4 aromatic rings. The van der Waals surface area contributed by atoms with Gasteiger partial charge in [-0.1, -0.05) is 29.3 Å². The molecular weight excluding hydrogens is 537 g/mol. The number of aromatic nitrogens is 2. The van der Waals surface area contributed by atoms with Gasteiger partial charge in [0.1, 0.15) is 18.0 Å². The molecule has 0 spiro atoms. The summed E-state index contributed by atoms with van der Waals surface area (Å²) in [6.45, 7) is 4.45. The summed E-state index contributed by atoms with van der Waals surface area (Å²) in [6, 6.07) is 14.4. The molecule has 0 radical (unpaired) electrons. The summed E-state index contributed by atoms with van der Waals surface area (Å²) < 4.78 is 35.7. The molecule has 0 aliphatic carbocycles. The van der Waals surface area contributed by atoms with Gasteiger partial charge in [0.05, 0.1) is 22.7 Å². The van der Waals surface area contributed by atoms with Crippen LogP contribution in [-0.4, -0.2) is 41.2 Å². The molecule has 1 N–H and O–H groups in total. The van der Waals surface area contributed by atoms with Gasteiger partial charge in [-0.2, -0.15) is 0 Å². The van der Waals surface area contributed by atoms with Crippen molar-refractivity contribution in [2.24, 2.45) is 0 Å². The minimum atomic E-state index is -4.25. The minimum absolute atomic E-state index is 0.108. The van der Waals surface area contributed by atoms with E-state index < -0.39 is 28.1 Å². The van der Waals surface area contributed by atoms with Crippen molar-refractivity contribution in [1.82, 2.24) is 9.55 Å². The first-order valence-corrected chi connectivity index (χ1v) is 13.4. The van der Waals surface area contributed by atoms with Crippen LogP contribution in [0.4, 0.5) is 5.69 Å². The molecule has 4 rings (SSSR count). The third-order valence-corrected chi connectivity index (χ3v) is 7.51. The first-order chi connectivity index (χ1) is 17.4. The lowest BCUT2D eigenvalue weighted by molar-refractivity contribution is -0.152. The van der Waals surface area contributed by atoms with E-state index >= 15 is 0 Å². The Labute approximate surface area is 225 Å². The van der Waals surface area contributed by atoms with Crippen LogP contribution in [0.3, 0.4) is 0 Å². The molecule has 37 heavy (non-hydrogen) atoms. The highest BCUT2D eigenvalue weighted by Gasteiger charge is 2.30. The maximum absolute atomic E-state index is 13.7. The van der Waals surface area contributed by atoms with Crippen molar-refractivity contribution in [3.63, 3.8) is 0 Å². The van der Waals surface area contributed by atoms with Crippen LogP contribution in [0.25, 0.3) is 16.7 Å². The molecule has 0 unspecified atom stereocenters. The fraction of sp³-hybridized carbons (Fsp3) is 0.231. The van der Waals surface area contributed by atoms with Gasteiger partial charge in [0.2, 0.25) is 0 Å². The summed E-state index contributed by atoms with van der Waals surface area (Å²) in [4.78, 5) is 17.0. The number of pyridine rings is 1. The van der Waals surface area contributed by atoms with Gasteiger partial charge < -0.3 is 14.4 Å². The molecule has 0 atom stereocenters. The molecule has 0 aliphatic rings. The fourth-order valence-electron chi connectivity index (χ4n) is 3.75. The molecule has 2 aromatic heterocycles. The van der Waals surface area contributed by atoms with Crippen molar-refractivity contribution < 1.29 is 23.1 Å². The van der Waals surface area contributed by atoms with Gasteiger partial charge in [-0.25, -0.2) is 13.4 Å². The quantitative estimate of drug-likeness (QED) is 0.305. The Kier molecular flexibility index (Phi) is 7.52. The van der Waals surface area contributed by atoms with Crippen LogP contribution in [0.1, 0.15) is 26.3 Å². The Morgan fingerprint density at radius 1 is 1.05 bits per heavy atom. The summed E-state index contributed by atoms with van der Waals surface area (Å²) in [5.41, 5.74) is 0.918. The maximum Gasteiger partial charge on any atom is 0.327 e. The molecule has 11 heteroatoms. The number of aliphatic hydroxyl groups excluding tert-OH is 1. The summed E-state index contributed by atoms with van der Waals surface area (Å²) in [5.74, 6) is -0.0817. The molecule has 2 aromatic carbocycles. The summed E-state index contributed by atoms with van der Waals surface area (Å²) >= 11 is 12.2. The van der Waals surface area contributed by atoms with Crippen molar-refractivity contribution >= 4 is 55.8 Å². The summed E-state index contributed by atoms with van der Waals surface area (Å²) in [6.07, 6.45) is 3.39. The molecule has 2 heterocycles. The number of ether oxygens (including phenoxy) is 1. The maximum atomic E-state index is 13.7. The molecule has 0 fully saturated rings. The SMILES string of the molecule is CC(C)(C)OC(=O)CN(c1ccc2c(ccn2-c2ccc(CO)cn2)c1)S(=O)(=O)c1cc(Cl)cc(Cl)c1. The van der Waals surface area contributed by atoms with Crippen molar-refractivity contribution in [3.05, 3.63) is 82.6 Å². The third kappa shape index (κ3) is 6.07. The second-order valence-corrected chi connectivity index (χ2v) is 12.1. The van der Waals surface area contributed by atoms with Crippen LogP contribution in [0.2, 0.25) is 10.0 Å². The Bertz CT molecular complexity index is 1540. The van der Waals surface area contributed by atoms with Crippen molar-refractivity contribution in [1.29, 1.82) is 0 Å². The standard InChI is InChI=1S/C26H25Cl2N3O5S/c1-26(2,3)36-25(33)15-31(37(34,35)22-12-19(27)11-20(28)13-22)21-5-6-23-18(10-21)8-9-30(23)24-7-4-17(16-32)14-29-24/h4-14,32H,15-16H2,1-3H3. The van der Waals surface area contributed by atoms with Crippen molar-refractivity contribution in [3.8, 4) is 5.82 Å². The molecular formula is C26H25Cl2N3O5S. The van der Waals surface area contributed by atoms with Gasteiger partial charge >= 0.3 is 5.97 Å². The number of hydrogen-bond acceptors (Lipinski definition) is 6. The number of fused-ring (bicyclic) bond motifs is 1. The Balaban J connectivity index is 1.78. The first kappa shape index (κ1) is 26.9. The molecule has 8 nitrogen and oxygen atoms in total.